The summed E-state index contributed by atoms with van der Waals surface area (Å²) in [6.07, 6.45) is 0. The summed E-state index contributed by atoms with van der Waals surface area (Å²) in [6.45, 7) is 0. The number of furan rings is 2. The van der Waals surface area contributed by atoms with Gasteiger partial charge in [0.25, 0.3) is 0 Å². The molecular formula is C43H25N3O2. The molecule has 0 N–H and O–H groups in total. The maximum atomic E-state index is 9.09. The number of hydrogen-bond acceptors (Lipinski definition) is 5. The summed E-state index contributed by atoms with van der Waals surface area (Å²) in [5.41, 5.74) is 5.01. The van der Waals surface area contributed by atoms with Crippen LogP contribution in [0.1, 0.15) is 9.60 Å². The molecule has 5 nitrogen and oxygen atoms in total. The van der Waals surface area contributed by atoms with Crippen LogP contribution < -0.4 is 0 Å². The van der Waals surface area contributed by atoms with E-state index < -0.39 is 30.2 Å². The fourth-order valence-electron chi connectivity index (χ4n) is 6.63. The van der Waals surface area contributed by atoms with E-state index in [9.17, 15) is 0 Å². The molecule has 0 radical (unpaired) electrons. The van der Waals surface area contributed by atoms with Crippen molar-refractivity contribution in [2.75, 3.05) is 0 Å². The smallest absolute Gasteiger partial charge is 0.164 e. The van der Waals surface area contributed by atoms with Crippen LogP contribution in [0.25, 0.3) is 99.9 Å². The highest BCUT2D eigenvalue weighted by Gasteiger charge is 2.20. The fraction of sp³-hybridized carbons (Fsp3) is 0. The number of rotatable bonds is 4. The Bertz CT molecular complexity index is 3240. The number of fused-ring (bicyclic) bond motifs is 7. The lowest BCUT2D eigenvalue weighted by Crippen LogP contribution is -2.01. The standard InChI is InChI=1S/C43H25N3O2/c1-2-12-26(13-3-1)41-44-42(46-43(45-41)34-19-11-23-38-40(34)33-17-7-9-21-36(33)48-38)31-25-24-29(27-14-4-5-15-28(27)31)30-18-10-22-37-39(30)32-16-6-8-20-35(32)47-37/h1-25H/i1D,2D,3D,6D,12D,13D,18D. The number of nitrogens with zero attached hydrogens (tertiary/aromatic N) is 3. The van der Waals surface area contributed by atoms with Crippen molar-refractivity contribution in [3.05, 3.63) is 151 Å². The van der Waals surface area contributed by atoms with E-state index in [0.717, 1.165) is 37.9 Å². The third-order valence-electron chi connectivity index (χ3n) is 8.71. The molecule has 0 amide bonds. The van der Waals surface area contributed by atoms with E-state index in [1.54, 1.807) is 30.3 Å². The largest absolute Gasteiger partial charge is 0.456 e. The molecule has 0 aliphatic heterocycles. The second-order valence-electron chi connectivity index (χ2n) is 11.4. The molecule has 0 aliphatic carbocycles. The van der Waals surface area contributed by atoms with E-state index in [4.69, 9.17) is 33.4 Å². The summed E-state index contributed by atoms with van der Waals surface area (Å²) in [5, 5.41) is 4.64. The summed E-state index contributed by atoms with van der Waals surface area (Å²) in [4.78, 5) is 14.7. The molecule has 0 fully saturated rings. The zero-order valence-electron chi connectivity index (χ0n) is 32.1. The number of benzene rings is 7. The van der Waals surface area contributed by atoms with Crippen molar-refractivity contribution in [1.29, 1.82) is 0 Å². The van der Waals surface area contributed by atoms with Crippen LogP contribution >= 0.6 is 0 Å². The molecule has 0 spiro atoms. The molecule has 224 valence electrons. The fourth-order valence-corrected chi connectivity index (χ4v) is 6.63. The molecule has 0 aliphatic rings. The minimum absolute atomic E-state index is 0.0794. The Labute approximate surface area is 284 Å². The van der Waals surface area contributed by atoms with Crippen LogP contribution in [0, 0.1) is 0 Å². The van der Waals surface area contributed by atoms with Gasteiger partial charge in [-0.05, 0) is 52.2 Å². The van der Waals surface area contributed by atoms with Gasteiger partial charge in [0.05, 0.1) is 9.60 Å². The first-order valence-corrected chi connectivity index (χ1v) is 15.4. The van der Waals surface area contributed by atoms with Gasteiger partial charge >= 0.3 is 0 Å². The predicted molar refractivity (Wildman–Crippen MR) is 194 cm³/mol. The van der Waals surface area contributed by atoms with Crippen LogP contribution in [0.15, 0.2) is 160 Å². The molecule has 10 rings (SSSR count). The Morgan fingerprint density at radius 2 is 0.958 bits per heavy atom. The lowest BCUT2D eigenvalue weighted by molar-refractivity contribution is 0.668. The lowest BCUT2D eigenvalue weighted by Gasteiger charge is -2.14. The Morgan fingerprint density at radius 1 is 0.375 bits per heavy atom. The van der Waals surface area contributed by atoms with Gasteiger partial charge in [-0.3, -0.25) is 0 Å². The van der Waals surface area contributed by atoms with Gasteiger partial charge in [-0.15, -0.1) is 0 Å². The maximum Gasteiger partial charge on any atom is 0.164 e. The molecule has 3 aromatic heterocycles. The Hall–Kier alpha value is -6.59. The molecule has 0 atom stereocenters. The van der Waals surface area contributed by atoms with E-state index in [1.807, 2.05) is 78.9 Å². The molecule has 0 saturated carbocycles. The van der Waals surface area contributed by atoms with Gasteiger partial charge < -0.3 is 8.83 Å². The first-order valence-electron chi connectivity index (χ1n) is 18.9. The van der Waals surface area contributed by atoms with E-state index >= 15 is 0 Å². The third kappa shape index (κ3) is 4.08. The van der Waals surface area contributed by atoms with Crippen molar-refractivity contribution in [2.24, 2.45) is 0 Å². The Balaban J connectivity index is 1.27. The van der Waals surface area contributed by atoms with Crippen molar-refractivity contribution in [3.63, 3.8) is 0 Å². The third-order valence-corrected chi connectivity index (χ3v) is 8.71. The van der Waals surface area contributed by atoms with Crippen molar-refractivity contribution in [2.45, 2.75) is 0 Å². The Kier molecular flexibility index (Phi) is 4.48. The topological polar surface area (TPSA) is 65.0 Å². The zero-order valence-corrected chi connectivity index (χ0v) is 25.1. The number of hydrogen-bond donors (Lipinski definition) is 0. The summed E-state index contributed by atoms with van der Waals surface area (Å²) >= 11 is 0. The molecule has 10 aromatic rings. The van der Waals surface area contributed by atoms with Gasteiger partial charge in [0, 0.05) is 38.2 Å². The SMILES string of the molecule is [2H]c1ccc2oc3ccc([2H])c(-c4ccc(-c5nc(-c6c([2H])c([2H])c([2H])c([2H])c6[2H])nc(-c6cccc7oc8ccccc8c67)n5)c5ccccc45)c3c2c1. The highest BCUT2D eigenvalue weighted by Crippen LogP contribution is 2.42. The normalized spacial score (nSPS) is 13.8. The maximum absolute atomic E-state index is 9.09. The highest BCUT2D eigenvalue weighted by molar-refractivity contribution is 6.16. The summed E-state index contributed by atoms with van der Waals surface area (Å²) in [7, 11) is 0. The van der Waals surface area contributed by atoms with E-state index in [0.29, 0.717) is 45.1 Å². The monoisotopic (exact) mass is 622 g/mol. The molecular weight excluding hydrogens is 590 g/mol. The van der Waals surface area contributed by atoms with Crippen molar-refractivity contribution >= 4 is 54.6 Å². The van der Waals surface area contributed by atoms with Gasteiger partial charge in [-0.25, -0.2) is 15.0 Å². The second-order valence-corrected chi connectivity index (χ2v) is 11.4. The average Bonchev–Trinajstić information content (AvgIpc) is 3.77. The van der Waals surface area contributed by atoms with Crippen molar-refractivity contribution < 1.29 is 18.4 Å². The lowest BCUT2D eigenvalue weighted by atomic mass is 9.92. The molecule has 0 unspecified atom stereocenters. The van der Waals surface area contributed by atoms with Gasteiger partial charge in [0.2, 0.25) is 0 Å². The number of aromatic nitrogens is 3. The molecule has 0 bridgehead atoms. The predicted octanol–water partition coefficient (Wildman–Crippen LogP) is 11.5. The van der Waals surface area contributed by atoms with E-state index in [-0.39, 0.29) is 29.1 Å². The van der Waals surface area contributed by atoms with Gasteiger partial charge in [0.1, 0.15) is 22.3 Å². The molecule has 48 heavy (non-hydrogen) atoms. The first kappa shape index (κ1) is 20.5. The van der Waals surface area contributed by atoms with Crippen LogP contribution in [-0.4, -0.2) is 15.0 Å². The van der Waals surface area contributed by atoms with Crippen LogP contribution in [0.5, 0.6) is 0 Å². The average molecular weight is 623 g/mol. The molecule has 0 saturated heterocycles. The van der Waals surface area contributed by atoms with E-state index in [2.05, 4.69) is 0 Å². The summed E-state index contributed by atoms with van der Waals surface area (Å²) in [5.74, 6) is 0.368. The van der Waals surface area contributed by atoms with Crippen molar-refractivity contribution in [3.8, 4) is 45.3 Å². The van der Waals surface area contributed by atoms with Crippen LogP contribution in [-0.2, 0) is 0 Å². The quantitative estimate of drug-likeness (QED) is 0.195. The Morgan fingerprint density at radius 3 is 1.77 bits per heavy atom. The molecule has 3 heterocycles. The highest BCUT2D eigenvalue weighted by atomic mass is 16.3. The molecule has 7 aromatic carbocycles. The summed E-state index contributed by atoms with van der Waals surface area (Å²) < 4.78 is 72.4. The minimum atomic E-state index is -0.516. The molecule has 5 heteroatoms. The zero-order chi connectivity index (χ0) is 37.7. The van der Waals surface area contributed by atoms with Gasteiger partial charge in [0.15, 0.2) is 17.5 Å². The second kappa shape index (κ2) is 10.5. The van der Waals surface area contributed by atoms with Gasteiger partial charge in [-0.1, -0.05) is 121 Å². The van der Waals surface area contributed by atoms with Crippen molar-refractivity contribution in [1.82, 2.24) is 15.0 Å². The first-order chi connectivity index (χ1) is 26.7. The number of para-hydroxylation sites is 2. The van der Waals surface area contributed by atoms with Gasteiger partial charge in [-0.2, -0.15) is 0 Å². The van der Waals surface area contributed by atoms with Crippen LogP contribution in [0.4, 0.5) is 0 Å². The summed E-state index contributed by atoms with van der Waals surface area (Å²) in [6, 6.07) is 31.6. The minimum Gasteiger partial charge on any atom is -0.456 e. The van der Waals surface area contributed by atoms with Crippen LogP contribution in [0.3, 0.4) is 0 Å². The van der Waals surface area contributed by atoms with Crippen LogP contribution in [0.2, 0.25) is 0 Å². The van der Waals surface area contributed by atoms with E-state index in [1.165, 1.54) is 0 Å².